The molecule has 0 bridgehead atoms. The molecular weight excluding hydrogens is 366 g/mol. The number of likely N-dealkylation sites (N-methyl/N-ethyl adjacent to an activating group) is 1. The van der Waals surface area contributed by atoms with Gasteiger partial charge in [-0.25, -0.2) is 4.98 Å². The molecule has 0 N–H and O–H groups in total. The SMILES string of the molecule is CN(Cc1ccccn1)C(=O)C1c2c(ncn2C)CCN1C(=O)c1ccccc1. The van der Waals surface area contributed by atoms with Crippen LogP contribution < -0.4 is 0 Å². The summed E-state index contributed by atoms with van der Waals surface area (Å²) in [6.07, 6.45) is 4.04. The third-order valence-electron chi connectivity index (χ3n) is 5.24. The molecule has 1 unspecified atom stereocenters. The quantitative estimate of drug-likeness (QED) is 0.686. The second kappa shape index (κ2) is 7.87. The van der Waals surface area contributed by atoms with E-state index in [1.54, 1.807) is 41.5 Å². The van der Waals surface area contributed by atoms with Crippen LogP contribution in [0.25, 0.3) is 0 Å². The Labute approximate surface area is 169 Å². The molecule has 1 aliphatic heterocycles. The number of carbonyl (C=O) groups excluding carboxylic acids is 2. The van der Waals surface area contributed by atoms with Crippen molar-refractivity contribution >= 4 is 11.8 Å². The van der Waals surface area contributed by atoms with Gasteiger partial charge >= 0.3 is 0 Å². The number of aromatic nitrogens is 3. The minimum absolute atomic E-state index is 0.149. The van der Waals surface area contributed by atoms with Crippen LogP contribution in [-0.4, -0.2) is 49.7 Å². The summed E-state index contributed by atoms with van der Waals surface area (Å²) >= 11 is 0. The molecule has 1 aromatic carbocycles. The molecule has 4 rings (SSSR count). The van der Waals surface area contributed by atoms with Gasteiger partial charge in [-0.05, 0) is 24.3 Å². The van der Waals surface area contributed by atoms with Crippen molar-refractivity contribution in [1.29, 1.82) is 0 Å². The third kappa shape index (κ3) is 3.63. The summed E-state index contributed by atoms with van der Waals surface area (Å²) in [6, 6.07) is 14.0. The molecular formula is C22H23N5O2. The fraction of sp³-hybridized carbons (Fsp3) is 0.273. The molecule has 0 fully saturated rings. The highest BCUT2D eigenvalue weighted by molar-refractivity contribution is 5.98. The highest BCUT2D eigenvalue weighted by Crippen LogP contribution is 2.32. The van der Waals surface area contributed by atoms with Crippen molar-refractivity contribution in [2.75, 3.05) is 13.6 Å². The van der Waals surface area contributed by atoms with Crippen molar-refractivity contribution < 1.29 is 9.59 Å². The van der Waals surface area contributed by atoms with Crippen molar-refractivity contribution in [1.82, 2.24) is 24.3 Å². The topological polar surface area (TPSA) is 71.3 Å². The van der Waals surface area contributed by atoms with E-state index >= 15 is 0 Å². The monoisotopic (exact) mass is 389 g/mol. The van der Waals surface area contributed by atoms with Crippen molar-refractivity contribution in [2.45, 2.75) is 19.0 Å². The number of pyridine rings is 1. The van der Waals surface area contributed by atoms with Gasteiger partial charge in [-0.1, -0.05) is 24.3 Å². The van der Waals surface area contributed by atoms with Gasteiger partial charge in [0.1, 0.15) is 0 Å². The first kappa shape index (κ1) is 18.9. The van der Waals surface area contributed by atoms with Crippen molar-refractivity contribution in [2.24, 2.45) is 7.05 Å². The van der Waals surface area contributed by atoms with E-state index in [1.807, 2.05) is 48.0 Å². The van der Waals surface area contributed by atoms with Crippen LogP contribution in [-0.2, 0) is 24.8 Å². The summed E-state index contributed by atoms with van der Waals surface area (Å²) in [6.45, 7) is 0.822. The fourth-order valence-electron chi connectivity index (χ4n) is 3.77. The zero-order valence-electron chi connectivity index (χ0n) is 16.5. The van der Waals surface area contributed by atoms with Crippen molar-refractivity contribution in [3.63, 3.8) is 0 Å². The summed E-state index contributed by atoms with van der Waals surface area (Å²) in [5.41, 5.74) is 3.02. The van der Waals surface area contributed by atoms with Crippen LogP contribution in [0, 0.1) is 0 Å². The van der Waals surface area contributed by atoms with Crippen LogP contribution in [0.4, 0.5) is 0 Å². The lowest BCUT2D eigenvalue weighted by atomic mass is 9.99. The van der Waals surface area contributed by atoms with Crippen molar-refractivity contribution in [3.8, 4) is 0 Å². The molecule has 2 amide bonds. The van der Waals surface area contributed by atoms with Gasteiger partial charge in [0.15, 0.2) is 6.04 Å². The molecule has 0 saturated carbocycles. The number of rotatable bonds is 4. The van der Waals surface area contributed by atoms with Gasteiger partial charge in [-0.15, -0.1) is 0 Å². The lowest BCUT2D eigenvalue weighted by molar-refractivity contribution is -0.136. The highest BCUT2D eigenvalue weighted by Gasteiger charge is 2.40. The lowest BCUT2D eigenvalue weighted by Gasteiger charge is -2.37. The van der Waals surface area contributed by atoms with Gasteiger partial charge in [0.2, 0.25) is 0 Å². The predicted molar refractivity (Wildman–Crippen MR) is 108 cm³/mol. The smallest absolute Gasteiger partial charge is 0.254 e. The molecule has 29 heavy (non-hydrogen) atoms. The van der Waals surface area contributed by atoms with Crippen LogP contribution in [0.5, 0.6) is 0 Å². The zero-order chi connectivity index (χ0) is 20.4. The number of amides is 2. The number of benzene rings is 1. The van der Waals surface area contributed by atoms with Gasteiger partial charge in [0.25, 0.3) is 11.8 Å². The van der Waals surface area contributed by atoms with E-state index in [4.69, 9.17) is 0 Å². The molecule has 7 nitrogen and oxygen atoms in total. The van der Waals surface area contributed by atoms with Crippen LogP contribution in [0.1, 0.15) is 33.5 Å². The van der Waals surface area contributed by atoms with E-state index in [2.05, 4.69) is 9.97 Å². The van der Waals surface area contributed by atoms with Crippen molar-refractivity contribution in [3.05, 3.63) is 83.7 Å². The van der Waals surface area contributed by atoms with Gasteiger partial charge in [-0.2, -0.15) is 0 Å². The van der Waals surface area contributed by atoms with Crippen LogP contribution >= 0.6 is 0 Å². The first-order valence-electron chi connectivity index (χ1n) is 9.57. The van der Waals surface area contributed by atoms with E-state index in [0.29, 0.717) is 25.1 Å². The molecule has 0 radical (unpaired) electrons. The van der Waals surface area contributed by atoms with Gasteiger partial charge in [-0.3, -0.25) is 14.6 Å². The minimum Gasteiger partial charge on any atom is -0.338 e. The van der Waals surface area contributed by atoms with Gasteiger partial charge in [0, 0.05) is 38.8 Å². The van der Waals surface area contributed by atoms with Crippen LogP contribution in [0.2, 0.25) is 0 Å². The first-order valence-corrected chi connectivity index (χ1v) is 9.57. The number of hydrogen-bond acceptors (Lipinski definition) is 4. The molecule has 1 atom stereocenters. The Bertz CT molecular complexity index is 1020. The second-order valence-electron chi connectivity index (χ2n) is 7.22. The average Bonchev–Trinajstić information content (AvgIpc) is 3.14. The Morgan fingerprint density at radius 1 is 1.10 bits per heavy atom. The Morgan fingerprint density at radius 3 is 2.59 bits per heavy atom. The number of fused-ring (bicyclic) bond motifs is 1. The van der Waals surface area contributed by atoms with E-state index < -0.39 is 6.04 Å². The molecule has 7 heteroatoms. The highest BCUT2D eigenvalue weighted by atomic mass is 16.2. The maximum atomic E-state index is 13.5. The number of imidazole rings is 1. The third-order valence-corrected chi connectivity index (χ3v) is 5.24. The first-order chi connectivity index (χ1) is 14.1. The normalized spacial score (nSPS) is 15.7. The molecule has 0 aliphatic carbocycles. The Morgan fingerprint density at radius 2 is 1.86 bits per heavy atom. The Hall–Kier alpha value is -3.48. The average molecular weight is 389 g/mol. The Balaban J connectivity index is 1.68. The van der Waals surface area contributed by atoms with Crippen LogP contribution in [0.15, 0.2) is 61.1 Å². The second-order valence-corrected chi connectivity index (χ2v) is 7.22. The number of aryl methyl sites for hydroxylation is 1. The molecule has 1 aliphatic rings. The maximum absolute atomic E-state index is 13.5. The standard InChI is InChI=1S/C22H23N5O2/c1-25(14-17-10-6-7-12-23-17)22(29)20-19-18(24-15-26(19)2)11-13-27(20)21(28)16-8-4-3-5-9-16/h3-10,12,15,20H,11,13-14H2,1-2H3. The number of nitrogens with zero attached hydrogens (tertiary/aromatic N) is 5. The van der Waals surface area contributed by atoms with E-state index in [1.165, 1.54) is 0 Å². The summed E-state index contributed by atoms with van der Waals surface area (Å²) in [5.74, 6) is -0.300. The van der Waals surface area contributed by atoms with Crippen LogP contribution in [0.3, 0.4) is 0 Å². The molecule has 0 spiro atoms. The van der Waals surface area contributed by atoms with E-state index in [-0.39, 0.29) is 11.8 Å². The van der Waals surface area contributed by atoms with E-state index in [0.717, 1.165) is 17.1 Å². The zero-order valence-corrected chi connectivity index (χ0v) is 16.5. The fourth-order valence-corrected chi connectivity index (χ4v) is 3.77. The Kier molecular flexibility index (Phi) is 5.12. The summed E-state index contributed by atoms with van der Waals surface area (Å²) < 4.78 is 1.84. The molecule has 148 valence electrons. The molecule has 3 heterocycles. The largest absolute Gasteiger partial charge is 0.338 e. The minimum atomic E-state index is -0.715. The number of carbonyl (C=O) groups is 2. The summed E-state index contributed by atoms with van der Waals surface area (Å²) in [4.78, 5) is 38.8. The lowest BCUT2D eigenvalue weighted by Crippen LogP contribution is -2.48. The van der Waals surface area contributed by atoms with Gasteiger partial charge < -0.3 is 14.4 Å². The van der Waals surface area contributed by atoms with E-state index in [9.17, 15) is 9.59 Å². The molecule has 3 aromatic rings. The van der Waals surface area contributed by atoms with Gasteiger partial charge in [0.05, 0.1) is 30.0 Å². The summed E-state index contributed by atoms with van der Waals surface area (Å²) in [7, 11) is 3.61. The summed E-state index contributed by atoms with van der Waals surface area (Å²) in [5, 5.41) is 0. The maximum Gasteiger partial charge on any atom is 0.254 e. The molecule has 0 saturated heterocycles. The number of hydrogen-bond donors (Lipinski definition) is 0. The predicted octanol–water partition coefficient (Wildman–Crippen LogP) is 2.21. The molecule has 2 aromatic heterocycles.